The molecular formula is C13H13ClN2O2. The minimum atomic E-state index is -0.365. The van der Waals surface area contributed by atoms with Crippen molar-refractivity contribution in [2.24, 2.45) is 5.92 Å². The molecule has 2 unspecified atom stereocenters. The SMILES string of the molecule is N#CC1CCCC1NC(=O)c1ccc(Cl)cc1O. The lowest BCUT2D eigenvalue weighted by Gasteiger charge is -2.16. The average Bonchev–Trinajstić information content (AvgIpc) is 2.76. The molecule has 1 aromatic carbocycles. The van der Waals surface area contributed by atoms with Crippen LogP contribution in [0.2, 0.25) is 5.02 Å². The largest absolute Gasteiger partial charge is 0.507 e. The molecule has 2 rings (SSSR count). The maximum atomic E-state index is 12.0. The number of halogens is 1. The molecule has 1 fully saturated rings. The Labute approximate surface area is 110 Å². The van der Waals surface area contributed by atoms with Gasteiger partial charge in [0.05, 0.1) is 17.6 Å². The number of rotatable bonds is 2. The Morgan fingerprint density at radius 1 is 1.50 bits per heavy atom. The van der Waals surface area contributed by atoms with Crippen LogP contribution in [0.5, 0.6) is 5.75 Å². The number of nitrogens with zero attached hydrogens (tertiary/aromatic N) is 1. The van der Waals surface area contributed by atoms with Crippen molar-refractivity contribution in [2.45, 2.75) is 25.3 Å². The second-order valence-electron chi connectivity index (χ2n) is 4.41. The highest BCUT2D eigenvalue weighted by molar-refractivity contribution is 6.30. The van der Waals surface area contributed by atoms with Crippen LogP contribution >= 0.6 is 11.6 Å². The maximum Gasteiger partial charge on any atom is 0.255 e. The summed E-state index contributed by atoms with van der Waals surface area (Å²) in [5, 5.41) is 21.8. The molecule has 1 saturated carbocycles. The fraction of sp³-hybridized carbons (Fsp3) is 0.385. The molecule has 0 spiro atoms. The van der Waals surface area contributed by atoms with Gasteiger partial charge >= 0.3 is 0 Å². The Kier molecular flexibility index (Phi) is 3.73. The number of carbonyl (C=O) groups excluding carboxylic acids is 1. The van der Waals surface area contributed by atoms with Gasteiger partial charge in [0.1, 0.15) is 5.75 Å². The van der Waals surface area contributed by atoms with Gasteiger partial charge in [-0.05, 0) is 37.5 Å². The molecule has 18 heavy (non-hydrogen) atoms. The fourth-order valence-electron chi connectivity index (χ4n) is 2.23. The van der Waals surface area contributed by atoms with Gasteiger partial charge in [-0.15, -0.1) is 0 Å². The number of phenols is 1. The van der Waals surface area contributed by atoms with Crippen LogP contribution in [0.4, 0.5) is 0 Å². The van der Waals surface area contributed by atoms with Gasteiger partial charge in [-0.2, -0.15) is 5.26 Å². The monoisotopic (exact) mass is 264 g/mol. The molecule has 1 amide bonds. The summed E-state index contributed by atoms with van der Waals surface area (Å²) in [7, 11) is 0. The standard InChI is InChI=1S/C13H13ClN2O2/c14-9-4-5-10(12(17)6-9)13(18)16-11-3-1-2-8(11)7-15/h4-6,8,11,17H,1-3H2,(H,16,18). The number of aromatic hydroxyl groups is 1. The predicted molar refractivity (Wildman–Crippen MR) is 67.3 cm³/mol. The van der Waals surface area contributed by atoms with Crippen LogP contribution in [0.25, 0.3) is 0 Å². The molecule has 0 aromatic heterocycles. The van der Waals surface area contributed by atoms with Crippen molar-refractivity contribution in [1.82, 2.24) is 5.32 Å². The highest BCUT2D eigenvalue weighted by Gasteiger charge is 2.29. The summed E-state index contributed by atoms with van der Waals surface area (Å²) < 4.78 is 0. The normalized spacial score (nSPS) is 22.4. The van der Waals surface area contributed by atoms with Crippen LogP contribution in [-0.2, 0) is 0 Å². The Morgan fingerprint density at radius 2 is 2.28 bits per heavy atom. The third-order valence-electron chi connectivity index (χ3n) is 3.20. The van der Waals surface area contributed by atoms with Crippen LogP contribution in [0, 0.1) is 17.2 Å². The summed E-state index contributed by atoms with van der Waals surface area (Å²) in [5.74, 6) is -0.647. The number of nitriles is 1. The van der Waals surface area contributed by atoms with Gasteiger partial charge < -0.3 is 10.4 Å². The molecule has 0 bridgehead atoms. The fourth-order valence-corrected chi connectivity index (χ4v) is 2.40. The highest BCUT2D eigenvalue weighted by Crippen LogP contribution is 2.26. The lowest BCUT2D eigenvalue weighted by Crippen LogP contribution is -2.36. The predicted octanol–water partition coefficient (Wildman–Crippen LogP) is 2.47. The van der Waals surface area contributed by atoms with Gasteiger partial charge in [0.15, 0.2) is 0 Å². The van der Waals surface area contributed by atoms with Crippen molar-refractivity contribution in [3.05, 3.63) is 28.8 Å². The molecule has 1 aromatic rings. The molecule has 2 N–H and O–H groups in total. The van der Waals surface area contributed by atoms with Crippen molar-refractivity contribution in [3.63, 3.8) is 0 Å². The van der Waals surface area contributed by atoms with Crippen molar-refractivity contribution >= 4 is 17.5 Å². The topological polar surface area (TPSA) is 73.1 Å². The van der Waals surface area contributed by atoms with Gasteiger partial charge in [0.2, 0.25) is 0 Å². The van der Waals surface area contributed by atoms with Crippen LogP contribution in [0.3, 0.4) is 0 Å². The Bertz CT molecular complexity index is 510. The molecule has 5 heteroatoms. The number of nitrogens with one attached hydrogen (secondary N) is 1. The zero-order valence-corrected chi connectivity index (χ0v) is 10.4. The Hall–Kier alpha value is -1.73. The minimum Gasteiger partial charge on any atom is -0.507 e. The summed E-state index contributed by atoms with van der Waals surface area (Å²) >= 11 is 5.70. The number of carbonyl (C=O) groups is 1. The quantitative estimate of drug-likeness (QED) is 0.862. The first kappa shape index (κ1) is 12.7. The maximum absolute atomic E-state index is 12.0. The van der Waals surface area contributed by atoms with Crippen molar-refractivity contribution in [2.75, 3.05) is 0 Å². The van der Waals surface area contributed by atoms with Gasteiger partial charge in [-0.3, -0.25) is 4.79 Å². The molecule has 0 radical (unpaired) electrons. The first-order chi connectivity index (χ1) is 8.61. The second-order valence-corrected chi connectivity index (χ2v) is 4.84. The van der Waals surface area contributed by atoms with Crippen molar-refractivity contribution < 1.29 is 9.90 Å². The molecular weight excluding hydrogens is 252 g/mol. The van der Waals surface area contributed by atoms with Crippen molar-refractivity contribution in [1.29, 1.82) is 5.26 Å². The third-order valence-corrected chi connectivity index (χ3v) is 3.44. The lowest BCUT2D eigenvalue weighted by molar-refractivity contribution is 0.0930. The van der Waals surface area contributed by atoms with E-state index in [9.17, 15) is 9.90 Å². The summed E-state index contributed by atoms with van der Waals surface area (Å²) in [6, 6.07) is 6.42. The van der Waals surface area contributed by atoms with Gasteiger partial charge in [0.25, 0.3) is 5.91 Å². The van der Waals surface area contributed by atoms with E-state index in [1.165, 1.54) is 12.1 Å². The van der Waals surface area contributed by atoms with E-state index < -0.39 is 0 Å². The number of amides is 1. The summed E-state index contributed by atoms with van der Waals surface area (Å²) in [4.78, 5) is 12.0. The van der Waals surface area contributed by atoms with E-state index in [1.54, 1.807) is 6.07 Å². The molecule has 94 valence electrons. The van der Waals surface area contributed by atoms with E-state index in [1.807, 2.05) is 0 Å². The van der Waals surface area contributed by atoms with Gasteiger partial charge in [-0.25, -0.2) is 0 Å². The minimum absolute atomic E-state index is 0.127. The van der Waals surface area contributed by atoms with Gasteiger partial charge in [-0.1, -0.05) is 11.6 Å². The van der Waals surface area contributed by atoms with Crippen LogP contribution in [0.1, 0.15) is 29.6 Å². The second kappa shape index (κ2) is 5.28. The van der Waals surface area contributed by atoms with Crippen LogP contribution < -0.4 is 5.32 Å². The van der Waals surface area contributed by atoms with Gasteiger partial charge in [0, 0.05) is 11.1 Å². The number of hydrogen-bond donors (Lipinski definition) is 2. The summed E-state index contributed by atoms with van der Waals surface area (Å²) in [5.41, 5.74) is 0.183. The van der Waals surface area contributed by atoms with E-state index in [4.69, 9.17) is 16.9 Å². The van der Waals surface area contributed by atoms with E-state index in [0.717, 1.165) is 19.3 Å². The van der Waals surface area contributed by atoms with E-state index in [0.29, 0.717) is 5.02 Å². The summed E-state index contributed by atoms with van der Waals surface area (Å²) in [6.07, 6.45) is 2.56. The number of benzene rings is 1. The molecule has 0 heterocycles. The Morgan fingerprint density at radius 3 is 2.94 bits per heavy atom. The molecule has 4 nitrogen and oxygen atoms in total. The molecule has 1 aliphatic carbocycles. The zero-order valence-electron chi connectivity index (χ0n) is 9.69. The summed E-state index contributed by atoms with van der Waals surface area (Å²) in [6.45, 7) is 0. The molecule has 0 aliphatic heterocycles. The van der Waals surface area contributed by atoms with E-state index >= 15 is 0 Å². The highest BCUT2D eigenvalue weighted by atomic mass is 35.5. The average molecular weight is 265 g/mol. The first-order valence-corrected chi connectivity index (χ1v) is 6.18. The number of hydrogen-bond acceptors (Lipinski definition) is 3. The molecule has 1 aliphatic rings. The third kappa shape index (κ3) is 2.57. The number of phenolic OH excluding ortho intramolecular Hbond substituents is 1. The van der Waals surface area contributed by atoms with E-state index in [2.05, 4.69) is 11.4 Å². The van der Waals surface area contributed by atoms with Crippen LogP contribution in [-0.4, -0.2) is 17.1 Å². The Balaban J connectivity index is 2.10. The lowest BCUT2D eigenvalue weighted by atomic mass is 10.1. The zero-order chi connectivity index (χ0) is 13.1. The van der Waals surface area contributed by atoms with E-state index in [-0.39, 0.29) is 29.2 Å². The van der Waals surface area contributed by atoms with Crippen molar-refractivity contribution in [3.8, 4) is 11.8 Å². The van der Waals surface area contributed by atoms with Crippen LogP contribution in [0.15, 0.2) is 18.2 Å². The first-order valence-electron chi connectivity index (χ1n) is 5.81. The molecule has 2 atom stereocenters. The smallest absolute Gasteiger partial charge is 0.255 e. The molecule has 0 saturated heterocycles.